The molecule has 7 heteroatoms. The SMILES string of the molecule is C[C@@H](OC(=O)c1c2c(nc3ccccc13)CCCC2)C(=O)Nc1ccc(C(N)=O)cc1. The zero-order valence-electron chi connectivity index (χ0n) is 17.2. The maximum atomic E-state index is 13.1. The Bertz CT molecular complexity index is 1170. The number of aromatic nitrogens is 1. The number of esters is 1. The summed E-state index contributed by atoms with van der Waals surface area (Å²) in [6.07, 6.45) is 2.63. The van der Waals surface area contributed by atoms with Gasteiger partial charge in [0.15, 0.2) is 6.10 Å². The summed E-state index contributed by atoms with van der Waals surface area (Å²) >= 11 is 0. The molecule has 3 aromatic rings. The van der Waals surface area contributed by atoms with Crippen molar-refractivity contribution in [1.29, 1.82) is 0 Å². The molecule has 3 N–H and O–H groups in total. The maximum Gasteiger partial charge on any atom is 0.339 e. The number of rotatable bonds is 5. The molecule has 0 saturated carbocycles. The molecule has 0 radical (unpaired) electrons. The Hall–Kier alpha value is -3.74. The van der Waals surface area contributed by atoms with Crippen LogP contribution < -0.4 is 11.1 Å². The number of carbonyl (C=O) groups is 3. The van der Waals surface area contributed by atoms with Crippen molar-refractivity contribution in [1.82, 2.24) is 4.98 Å². The summed E-state index contributed by atoms with van der Waals surface area (Å²) in [6, 6.07) is 13.7. The molecule has 0 fully saturated rings. The van der Waals surface area contributed by atoms with Gasteiger partial charge in [-0.1, -0.05) is 18.2 Å². The van der Waals surface area contributed by atoms with Gasteiger partial charge in [-0.15, -0.1) is 0 Å². The Balaban J connectivity index is 1.54. The van der Waals surface area contributed by atoms with Crippen molar-refractivity contribution >= 4 is 34.4 Å². The highest BCUT2D eigenvalue weighted by Gasteiger charge is 2.26. The molecule has 31 heavy (non-hydrogen) atoms. The Kier molecular flexibility index (Phi) is 5.66. The summed E-state index contributed by atoms with van der Waals surface area (Å²) in [7, 11) is 0. The van der Waals surface area contributed by atoms with Crippen molar-refractivity contribution in [3.8, 4) is 0 Å². The number of para-hydroxylation sites is 1. The van der Waals surface area contributed by atoms with Gasteiger partial charge in [-0.2, -0.15) is 0 Å². The van der Waals surface area contributed by atoms with E-state index < -0.39 is 23.9 Å². The van der Waals surface area contributed by atoms with Gasteiger partial charge in [0.05, 0.1) is 11.1 Å². The van der Waals surface area contributed by atoms with E-state index in [0.29, 0.717) is 16.8 Å². The van der Waals surface area contributed by atoms with E-state index in [1.165, 1.54) is 19.1 Å². The molecule has 158 valence electrons. The first-order valence-electron chi connectivity index (χ1n) is 10.3. The minimum absolute atomic E-state index is 0.340. The summed E-state index contributed by atoms with van der Waals surface area (Å²) in [5, 5.41) is 3.42. The number of fused-ring (bicyclic) bond motifs is 2. The van der Waals surface area contributed by atoms with Crippen LogP contribution in [0.3, 0.4) is 0 Å². The van der Waals surface area contributed by atoms with Crippen LogP contribution in [-0.2, 0) is 22.4 Å². The molecule has 1 atom stereocenters. The summed E-state index contributed by atoms with van der Waals surface area (Å²) in [6.45, 7) is 1.53. The number of aryl methyl sites for hydroxylation is 1. The van der Waals surface area contributed by atoms with Gasteiger partial charge >= 0.3 is 5.97 Å². The van der Waals surface area contributed by atoms with Crippen LogP contribution in [0.1, 0.15) is 51.7 Å². The Morgan fingerprint density at radius 3 is 2.48 bits per heavy atom. The average molecular weight is 417 g/mol. The molecule has 0 unspecified atom stereocenters. The van der Waals surface area contributed by atoms with Crippen LogP contribution in [0.5, 0.6) is 0 Å². The second-order valence-electron chi connectivity index (χ2n) is 7.61. The smallest absolute Gasteiger partial charge is 0.339 e. The summed E-state index contributed by atoms with van der Waals surface area (Å²) in [5.74, 6) is -1.54. The van der Waals surface area contributed by atoms with Gasteiger partial charge in [-0.25, -0.2) is 4.79 Å². The van der Waals surface area contributed by atoms with Crippen LogP contribution in [-0.4, -0.2) is 28.9 Å². The van der Waals surface area contributed by atoms with Crippen molar-refractivity contribution < 1.29 is 19.1 Å². The fourth-order valence-electron chi connectivity index (χ4n) is 3.84. The van der Waals surface area contributed by atoms with Crippen LogP contribution in [0.4, 0.5) is 5.69 Å². The maximum absolute atomic E-state index is 13.1. The lowest BCUT2D eigenvalue weighted by atomic mass is 9.90. The van der Waals surface area contributed by atoms with E-state index in [9.17, 15) is 14.4 Å². The molecular weight excluding hydrogens is 394 g/mol. The van der Waals surface area contributed by atoms with E-state index in [-0.39, 0.29) is 0 Å². The number of carbonyl (C=O) groups excluding carboxylic acids is 3. The van der Waals surface area contributed by atoms with Crippen LogP contribution in [0.15, 0.2) is 48.5 Å². The number of anilines is 1. The summed E-state index contributed by atoms with van der Waals surface area (Å²) in [5.41, 5.74) is 9.15. The molecule has 1 heterocycles. The lowest BCUT2D eigenvalue weighted by Crippen LogP contribution is -2.30. The number of nitrogens with zero attached hydrogens (tertiary/aromatic N) is 1. The van der Waals surface area contributed by atoms with Gasteiger partial charge in [-0.3, -0.25) is 14.6 Å². The average Bonchev–Trinajstić information content (AvgIpc) is 2.77. The fourth-order valence-corrected chi connectivity index (χ4v) is 3.84. The van der Waals surface area contributed by atoms with Gasteiger partial charge in [0.2, 0.25) is 5.91 Å². The predicted octanol–water partition coefficient (Wildman–Crippen LogP) is 3.40. The topological polar surface area (TPSA) is 111 Å². The van der Waals surface area contributed by atoms with Crippen molar-refractivity contribution in [2.45, 2.75) is 38.7 Å². The zero-order valence-corrected chi connectivity index (χ0v) is 17.2. The number of nitrogens with two attached hydrogens (primary N) is 1. The molecular formula is C24H23N3O4. The summed E-state index contributed by atoms with van der Waals surface area (Å²) < 4.78 is 5.55. The number of pyridine rings is 1. The standard InChI is InChI=1S/C24H23N3O4/c1-14(23(29)26-16-12-10-15(11-13-16)22(25)28)31-24(30)21-17-6-2-4-8-19(17)27-20-9-5-3-7-18(20)21/h2,4,6,8,10-14H,3,5,7,9H2,1H3,(H2,25,28)(H,26,29)/t14-/m1/s1. The number of ether oxygens (including phenoxy) is 1. The van der Waals surface area contributed by atoms with Gasteiger partial charge in [0.25, 0.3) is 5.91 Å². The first-order valence-corrected chi connectivity index (χ1v) is 10.3. The Morgan fingerprint density at radius 2 is 1.74 bits per heavy atom. The van der Waals surface area contributed by atoms with Gasteiger partial charge in [0.1, 0.15) is 0 Å². The highest BCUT2D eigenvalue weighted by Crippen LogP contribution is 2.30. The third kappa shape index (κ3) is 4.26. The molecule has 0 bridgehead atoms. The van der Waals surface area contributed by atoms with Crippen molar-refractivity contribution in [2.75, 3.05) is 5.32 Å². The molecule has 0 spiro atoms. The van der Waals surface area contributed by atoms with E-state index in [2.05, 4.69) is 5.32 Å². The molecule has 7 nitrogen and oxygen atoms in total. The van der Waals surface area contributed by atoms with E-state index in [4.69, 9.17) is 15.5 Å². The normalized spacial score (nSPS) is 13.8. The first-order chi connectivity index (χ1) is 14.9. The van der Waals surface area contributed by atoms with E-state index in [1.807, 2.05) is 24.3 Å². The van der Waals surface area contributed by atoms with Crippen LogP contribution in [0.2, 0.25) is 0 Å². The van der Waals surface area contributed by atoms with Crippen molar-refractivity contribution in [2.24, 2.45) is 5.73 Å². The third-order valence-electron chi connectivity index (χ3n) is 5.46. The molecule has 4 rings (SSSR count). The number of amides is 2. The molecule has 1 aliphatic carbocycles. The lowest BCUT2D eigenvalue weighted by Gasteiger charge is -2.21. The Morgan fingerprint density at radius 1 is 1.03 bits per heavy atom. The molecule has 2 aromatic carbocycles. The number of benzene rings is 2. The molecule has 1 aromatic heterocycles. The lowest BCUT2D eigenvalue weighted by molar-refractivity contribution is -0.123. The van der Waals surface area contributed by atoms with Crippen molar-refractivity contribution in [3.05, 3.63) is 70.9 Å². The van der Waals surface area contributed by atoms with Crippen LogP contribution >= 0.6 is 0 Å². The van der Waals surface area contributed by atoms with E-state index >= 15 is 0 Å². The molecule has 1 aliphatic rings. The zero-order chi connectivity index (χ0) is 22.0. The second-order valence-corrected chi connectivity index (χ2v) is 7.61. The van der Waals surface area contributed by atoms with Crippen LogP contribution in [0, 0.1) is 0 Å². The number of hydrogen-bond donors (Lipinski definition) is 2. The third-order valence-corrected chi connectivity index (χ3v) is 5.46. The minimum atomic E-state index is -1.01. The highest BCUT2D eigenvalue weighted by molar-refractivity contribution is 6.06. The summed E-state index contributed by atoms with van der Waals surface area (Å²) in [4.78, 5) is 41.6. The Labute approximate surface area is 179 Å². The van der Waals surface area contributed by atoms with E-state index in [0.717, 1.165) is 47.8 Å². The predicted molar refractivity (Wildman–Crippen MR) is 117 cm³/mol. The first kappa shape index (κ1) is 20.5. The van der Waals surface area contributed by atoms with Crippen LogP contribution in [0.25, 0.3) is 10.9 Å². The number of primary amides is 1. The van der Waals surface area contributed by atoms with E-state index in [1.54, 1.807) is 12.1 Å². The largest absolute Gasteiger partial charge is 0.449 e. The minimum Gasteiger partial charge on any atom is -0.449 e. The monoisotopic (exact) mass is 417 g/mol. The van der Waals surface area contributed by atoms with Crippen molar-refractivity contribution in [3.63, 3.8) is 0 Å². The molecule has 0 saturated heterocycles. The highest BCUT2D eigenvalue weighted by atomic mass is 16.5. The fraction of sp³-hybridized carbons (Fsp3) is 0.250. The second kappa shape index (κ2) is 8.55. The van der Waals surface area contributed by atoms with Gasteiger partial charge < -0.3 is 15.8 Å². The molecule has 2 amide bonds. The molecule has 0 aliphatic heterocycles. The quantitative estimate of drug-likeness (QED) is 0.618. The number of hydrogen-bond acceptors (Lipinski definition) is 5. The van der Waals surface area contributed by atoms with Gasteiger partial charge in [0, 0.05) is 22.3 Å². The van der Waals surface area contributed by atoms with Gasteiger partial charge in [-0.05, 0) is 68.5 Å². The number of nitrogens with one attached hydrogen (secondary N) is 1.